The Hall–Kier alpha value is -3.75. The van der Waals surface area contributed by atoms with Gasteiger partial charge in [0.1, 0.15) is 5.82 Å². The van der Waals surface area contributed by atoms with E-state index in [1.807, 2.05) is 6.92 Å². The van der Waals surface area contributed by atoms with Gasteiger partial charge in [-0.25, -0.2) is 9.07 Å². The standard InChI is InChI=1S/C23H22FN5O3/c1-2-12-28(14-20-25-26-22(32-20)19-7-4-13-31-19)23(30)21-17-5-3-6-18(17)29(27-21)16-10-8-15(24)9-11-16/h4,7-11,13H,2-3,5-6,12,14H2,1H3. The summed E-state index contributed by atoms with van der Waals surface area (Å²) in [5.74, 6) is 0.594. The first-order chi connectivity index (χ1) is 15.6. The van der Waals surface area contributed by atoms with Gasteiger partial charge < -0.3 is 13.7 Å². The maximum absolute atomic E-state index is 13.5. The van der Waals surface area contributed by atoms with Gasteiger partial charge in [0, 0.05) is 17.8 Å². The predicted molar refractivity (Wildman–Crippen MR) is 113 cm³/mol. The SMILES string of the molecule is CCCN(Cc1nnc(-c2ccco2)o1)C(=O)c1nn(-c2ccc(F)cc2)c2c1CCC2. The molecule has 1 aromatic carbocycles. The van der Waals surface area contributed by atoms with Gasteiger partial charge in [-0.3, -0.25) is 4.79 Å². The Morgan fingerprint density at radius 1 is 1.19 bits per heavy atom. The monoisotopic (exact) mass is 435 g/mol. The van der Waals surface area contributed by atoms with Crippen molar-refractivity contribution >= 4 is 5.91 Å². The Morgan fingerprint density at radius 2 is 2.03 bits per heavy atom. The minimum absolute atomic E-state index is 0.177. The van der Waals surface area contributed by atoms with Crippen molar-refractivity contribution in [3.05, 3.63) is 71.3 Å². The molecule has 164 valence electrons. The highest BCUT2D eigenvalue weighted by atomic mass is 19.1. The number of hydrogen-bond acceptors (Lipinski definition) is 6. The molecule has 0 radical (unpaired) electrons. The summed E-state index contributed by atoms with van der Waals surface area (Å²) in [6, 6.07) is 9.62. The number of benzene rings is 1. The summed E-state index contributed by atoms with van der Waals surface area (Å²) in [5, 5.41) is 12.7. The molecule has 1 amide bonds. The van der Waals surface area contributed by atoms with Crippen LogP contribution in [0.4, 0.5) is 4.39 Å². The highest BCUT2D eigenvalue weighted by molar-refractivity contribution is 5.94. The van der Waals surface area contributed by atoms with Crippen LogP contribution >= 0.6 is 0 Å². The molecule has 0 fully saturated rings. The van der Waals surface area contributed by atoms with E-state index < -0.39 is 0 Å². The molecule has 0 atom stereocenters. The fraction of sp³-hybridized carbons (Fsp3) is 0.304. The molecule has 0 saturated carbocycles. The number of rotatable bonds is 7. The van der Waals surface area contributed by atoms with Gasteiger partial charge in [-0.1, -0.05) is 6.92 Å². The fourth-order valence-electron chi connectivity index (χ4n) is 4.06. The molecule has 3 aromatic heterocycles. The van der Waals surface area contributed by atoms with Gasteiger partial charge in [-0.2, -0.15) is 5.10 Å². The third-order valence-corrected chi connectivity index (χ3v) is 5.51. The van der Waals surface area contributed by atoms with Gasteiger partial charge >= 0.3 is 0 Å². The lowest BCUT2D eigenvalue weighted by Crippen LogP contribution is -2.32. The second kappa shape index (κ2) is 8.41. The quantitative estimate of drug-likeness (QED) is 0.432. The summed E-state index contributed by atoms with van der Waals surface area (Å²) in [6.45, 7) is 2.71. The lowest BCUT2D eigenvalue weighted by molar-refractivity contribution is 0.0721. The lowest BCUT2D eigenvalue weighted by atomic mass is 10.1. The molecule has 0 aliphatic heterocycles. The van der Waals surface area contributed by atoms with Crippen LogP contribution in [0.1, 0.15) is 47.4 Å². The van der Waals surface area contributed by atoms with Crippen molar-refractivity contribution in [1.29, 1.82) is 0 Å². The Bertz CT molecular complexity index is 1230. The summed E-state index contributed by atoms with van der Waals surface area (Å²) < 4.78 is 26.1. The number of hydrogen-bond donors (Lipinski definition) is 0. The van der Waals surface area contributed by atoms with E-state index in [1.54, 1.807) is 33.8 Å². The third-order valence-electron chi connectivity index (χ3n) is 5.51. The van der Waals surface area contributed by atoms with Gasteiger partial charge in [-0.05, 0) is 62.1 Å². The minimum atomic E-state index is -0.309. The Morgan fingerprint density at radius 3 is 2.78 bits per heavy atom. The van der Waals surface area contributed by atoms with Gasteiger partial charge in [0.05, 0.1) is 18.5 Å². The number of nitrogens with zero attached hydrogens (tertiary/aromatic N) is 5. The zero-order valence-corrected chi connectivity index (χ0v) is 17.6. The molecule has 0 N–H and O–H groups in total. The van der Waals surface area contributed by atoms with Crippen LogP contribution in [0.25, 0.3) is 17.3 Å². The number of amides is 1. The molecule has 0 saturated heterocycles. The summed E-state index contributed by atoms with van der Waals surface area (Å²) >= 11 is 0. The number of fused-ring (bicyclic) bond motifs is 1. The first-order valence-corrected chi connectivity index (χ1v) is 10.7. The molecular weight excluding hydrogens is 413 g/mol. The number of halogens is 1. The van der Waals surface area contributed by atoms with E-state index in [4.69, 9.17) is 8.83 Å². The predicted octanol–water partition coefficient (Wildman–Crippen LogP) is 4.20. The Labute approximate surface area is 183 Å². The van der Waals surface area contributed by atoms with Crippen LogP contribution in [-0.2, 0) is 19.4 Å². The van der Waals surface area contributed by atoms with Crippen LogP contribution in [0.3, 0.4) is 0 Å². The summed E-state index contributed by atoms with van der Waals surface area (Å²) in [5.41, 5.74) is 3.14. The normalized spacial score (nSPS) is 12.8. The second-order valence-corrected chi connectivity index (χ2v) is 7.72. The lowest BCUT2D eigenvalue weighted by Gasteiger charge is -2.19. The molecule has 1 aliphatic carbocycles. The topological polar surface area (TPSA) is 90.2 Å². The van der Waals surface area contributed by atoms with Gasteiger partial charge in [0.2, 0.25) is 5.89 Å². The van der Waals surface area contributed by atoms with Crippen LogP contribution in [0, 0.1) is 5.82 Å². The smallest absolute Gasteiger partial charge is 0.283 e. The Balaban J connectivity index is 1.44. The van der Waals surface area contributed by atoms with Crippen LogP contribution in [0.5, 0.6) is 0 Å². The van der Waals surface area contributed by atoms with Crippen molar-refractivity contribution in [2.75, 3.05) is 6.54 Å². The van der Waals surface area contributed by atoms with Gasteiger partial charge in [0.25, 0.3) is 11.8 Å². The molecule has 1 aliphatic rings. The molecule has 3 heterocycles. The first-order valence-electron chi connectivity index (χ1n) is 10.7. The number of aromatic nitrogens is 4. The third kappa shape index (κ3) is 3.70. The van der Waals surface area contributed by atoms with E-state index in [0.29, 0.717) is 23.9 Å². The maximum Gasteiger partial charge on any atom is 0.283 e. The summed E-state index contributed by atoms with van der Waals surface area (Å²) in [4.78, 5) is 15.2. The molecule has 0 unspecified atom stereocenters. The highest BCUT2D eigenvalue weighted by Crippen LogP contribution is 2.29. The van der Waals surface area contributed by atoms with Crippen LogP contribution in [-0.4, -0.2) is 37.3 Å². The van der Waals surface area contributed by atoms with Crippen molar-refractivity contribution in [2.45, 2.75) is 39.2 Å². The fourth-order valence-corrected chi connectivity index (χ4v) is 4.06. The van der Waals surface area contributed by atoms with Crippen molar-refractivity contribution in [1.82, 2.24) is 24.9 Å². The number of carbonyl (C=O) groups excluding carboxylic acids is 1. The zero-order valence-electron chi connectivity index (χ0n) is 17.6. The Kier molecular flexibility index (Phi) is 5.30. The van der Waals surface area contributed by atoms with Crippen LogP contribution in [0.2, 0.25) is 0 Å². The molecule has 8 nitrogen and oxygen atoms in total. The molecule has 5 rings (SSSR count). The first kappa shape index (κ1) is 20.2. The van der Waals surface area contributed by atoms with Crippen molar-refractivity contribution in [3.63, 3.8) is 0 Å². The van der Waals surface area contributed by atoms with Crippen LogP contribution in [0.15, 0.2) is 51.5 Å². The molecular formula is C23H22FN5O3. The number of carbonyl (C=O) groups is 1. The summed E-state index contributed by atoms with van der Waals surface area (Å²) in [6.07, 6.45) is 4.88. The average Bonchev–Trinajstić information content (AvgIpc) is 3.58. The maximum atomic E-state index is 13.5. The molecule has 32 heavy (non-hydrogen) atoms. The molecule has 4 aromatic rings. The average molecular weight is 435 g/mol. The van der Waals surface area contributed by atoms with E-state index in [1.165, 1.54) is 18.4 Å². The van der Waals surface area contributed by atoms with Crippen molar-refractivity contribution in [2.24, 2.45) is 0 Å². The van der Waals surface area contributed by atoms with Gasteiger partial charge in [0.15, 0.2) is 11.5 Å². The number of furan rings is 1. The highest BCUT2D eigenvalue weighted by Gasteiger charge is 2.30. The molecule has 0 bridgehead atoms. The molecule has 9 heteroatoms. The van der Waals surface area contributed by atoms with E-state index in [0.717, 1.165) is 42.6 Å². The van der Waals surface area contributed by atoms with E-state index >= 15 is 0 Å². The molecule has 0 spiro atoms. The van der Waals surface area contributed by atoms with E-state index in [-0.39, 0.29) is 24.2 Å². The van der Waals surface area contributed by atoms with Crippen molar-refractivity contribution in [3.8, 4) is 17.3 Å². The van der Waals surface area contributed by atoms with Crippen LogP contribution < -0.4 is 0 Å². The zero-order chi connectivity index (χ0) is 22.1. The van der Waals surface area contributed by atoms with Crippen molar-refractivity contribution < 1.29 is 18.0 Å². The second-order valence-electron chi connectivity index (χ2n) is 7.72. The largest absolute Gasteiger partial charge is 0.459 e. The summed E-state index contributed by atoms with van der Waals surface area (Å²) in [7, 11) is 0. The van der Waals surface area contributed by atoms with E-state index in [9.17, 15) is 9.18 Å². The van der Waals surface area contributed by atoms with Gasteiger partial charge in [-0.15, -0.1) is 10.2 Å². The van der Waals surface area contributed by atoms with E-state index in [2.05, 4.69) is 15.3 Å². The minimum Gasteiger partial charge on any atom is -0.459 e.